The number of thioether (sulfide) groups is 1. The largest absolute Gasteiger partial charge is 0.362 e. The summed E-state index contributed by atoms with van der Waals surface area (Å²) in [6.45, 7) is 7.99. The molecular weight excluding hydrogens is 228 g/mol. The van der Waals surface area contributed by atoms with Crippen LogP contribution in [0.15, 0.2) is 4.99 Å². The van der Waals surface area contributed by atoms with E-state index >= 15 is 0 Å². The molecule has 1 aliphatic carbocycles. The van der Waals surface area contributed by atoms with Gasteiger partial charge in [-0.05, 0) is 31.6 Å². The van der Waals surface area contributed by atoms with Crippen molar-refractivity contribution in [3.05, 3.63) is 0 Å². The molecule has 2 rings (SSSR count). The first-order valence-corrected chi connectivity index (χ1v) is 7.93. The van der Waals surface area contributed by atoms with E-state index in [1.54, 1.807) is 0 Å². The highest BCUT2D eigenvalue weighted by atomic mass is 32.2. The van der Waals surface area contributed by atoms with Gasteiger partial charge in [-0.3, -0.25) is 4.99 Å². The van der Waals surface area contributed by atoms with Gasteiger partial charge in [-0.1, -0.05) is 44.9 Å². The predicted octanol–water partition coefficient (Wildman–Crippen LogP) is 3.82. The van der Waals surface area contributed by atoms with Crippen LogP contribution in [0.5, 0.6) is 0 Å². The Hall–Kier alpha value is -0.180. The fourth-order valence-electron chi connectivity index (χ4n) is 2.95. The normalized spacial score (nSPS) is 35.6. The highest BCUT2D eigenvalue weighted by Crippen LogP contribution is 2.36. The molecule has 2 nitrogen and oxygen atoms in total. The second-order valence-corrected chi connectivity index (χ2v) is 7.63. The maximum Gasteiger partial charge on any atom is 0.157 e. The molecule has 1 saturated carbocycles. The number of hydrogen-bond donors (Lipinski definition) is 1. The van der Waals surface area contributed by atoms with Crippen molar-refractivity contribution in [2.24, 2.45) is 10.4 Å². The van der Waals surface area contributed by atoms with E-state index in [1.165, 1.54) is 43.7 Å². The number of aliphatic imine (C=N–C) groups is 1. The van der Waals surface area contributed by atoms with Gasteiger partial charge in [0.2, 0.25) is 0 Å². The van der Waals surface area contributed by atoms with E-state index in [0.717, 1.165) is 6.54 Å². The second-order valence-electron chi connectivity index (χ2n) is 6.20. The second kappa shape index (κ2) is 5.64. The van der Waals surface area contributed by atoms with E-state index in [4.69, 9.17) is 4.99 Å². The Bertz CT molecular complexity index is 270. The van der Waals surface area contributed by atoms with Crippen LogP contribution in [0.1, 0.15) is 59.3 Å². The van der Waals surface area contributed by atoms with Gasteiger partial charge in [0.15, 0.2) is 5.17 Å². The summed E-state index contributed by atoms with van der Waals surface area (Å²) in [4.78, 5) is 4.85. The Morgan fingerprint density at radius 2 is 2.00 bits per heavy atom. The van der Waals surface area contributed by atoms with Crippen LogP contribution in [0.25, 0.3) is 0 Å². The fraction of sp³-hybridized carbons (Fsp3) is 0.929. The van der Waals surface area contributed by atoms with Crippen LogP contribution >= 0.6 is 11.8 Å². The minimum Gasteiger partial charge on any atom is -0.362 e. The topological polar surface area (TPSA) is 24.4 Å². The summed E-state index contributed by atoms with van der Waals surface area (Å²) in [7, 11) is 0. The third kappa shape index (κ3) is 3.90. The summed E-state index contributed by atoms with van der Waals surface area (Å²) < 4.78 is 0. The van der Waals surface area contributed by atoms with Crippen LogP contribution < -0.4 is 5.32 Å². The molecule has 0 aromatic heterocycles. The molecule has 0 amide bonds. The minimum atomic E-state index is 0.470. The number of hydrogen-bond acceptors (Lipinski definition) is 2. The van der Waals surface area contributed by atoms with Crippen molar-refractivity contribution in [3.63, 3.8) is 0 Å². The fourth-order valence-corrected chi connectivity index (χ4v) is 4.12. The molecule has 3 heteroatoms. The van der Waals surface area contributed by atoms with Gasteiger partial charge in [0.1, 0.15) is 0 Å². The molecule has 2 unspecified atom stereocenters. The highest BCUT2D eigenvalue weighted by Gasteiger charge is 2.27. The summed E-state index contributed by atoms with van der Waals surface area (Å²) >= 11 is 1.92. The predicted molar refractivity (Wildman–Crippen MR) is 77.8 cm³/mol. The van der Waals surface area contributed by atoms with Gasteiger partial charge in [-0.2, -0.15) is 0 Å². The summed E-state index contributed by atoms with van der Waals surface area (Å²) in [5.41, 5.74) is 0.470. The first-order chi connectivity index (χ1) is 8.07. The van der Waals surface area contributed by atoms with Crippen molar-refractivity contribution in [3.8, 4) is 0 Å². The molecule has 1 N–H and O–H groups in total. The average molecular weight is 254 g/mol. The smallest absolute Gasteiger partial charge is 0.157 e. The lowest BCUT2D eigenvalue weighted by molar-refractivity contribution is 0.227. The molecule has 0 aromatic carbocycles. The molecule has 2 aliphatic rings. The van der Waals surface area contributed by atoms with Crippen LogP contribution in [0.2, 0.25) is 0 Å². The highest BCUT2D eigenvalue weighted by molar-refractivity contribution is 8.14. The van der Waals surface area contributed by atoms with Crippen molar-refractivity contribution in [1.82, 2.24) is 5.32 Å². The van der Waals surface area contributed by atoms with Gasteiger partial charge < -0.3 is 5.32 Å². The van der Waals surface area contributed by atoms with E-state index in [2.05, 4.69) is 26.1 Å². The zero-order chi connectivity index (χ0) is 12.3. The Morgan fingerprint density at radius 1 is 1.29 bits per heavy atom. The molecule has 17 heavy (non-hydrogen) atoms. The number of nitrogens with zero attached hydrogens (tertiary/aromatic N) is 1. The van der Waals surface area contributed by atoms with E-state index in [-0.39, 0.29) is 0 Å². The van der Waals surface area contributed by atoms with Crippen molar-refractivity contribution in [2.75, 3.05) is 6.54 Å². The molecule has 1 heterocycles. The average Bonchev–Trinajstić information content (AvgIpc) is 2.26. The molecule has 0 spiro atoms. The van der Waals surface area contributed by atoms with Gasteiger partial charge in [0, 0.05) is 17.8 Å². The van der Waals surface area contributed by atoms with Crippen LogP contribution in [0.4, 0.5) is 0 Å². The van der Waals surface area contributed by atoms with Crippen LogP contribution in [0, 0.1) is 5.41 Å². The maximum atomic E-state index is 4.85. The van der Waals surface area contributed by atoms with Crippen LogP contribution in [-0.4, -0.2) is 23.0 Å². The van der Waals surface area contributed by atoms with Crippen molar-refractivity contribution < 1.29 is 0 Å². The lowest BCUT2D eigenvalue weighted by Gasteiger charge is -2.33. The van der Waals surface area contributed by atoms with Gasteiger partial charge in [-0.15, -0.1) is 0 Å². The first kappa shape index (κ1) is 13.3. The van der Waals surface area contributed by atoms with E-state index in [0.29, 0.717) is 16.7 Å². The molecule has 2 fully saturated rings. The number of rotatable bonds is 2. The van der Waals surface area contributed by atoms with Crippen molar-refractivity contribution in [2.45, 2.75) is 70.6 Å². The van der Waals surface area contributed by atoms with E-state index < -0.39 is 0 Å². The van der Waals surface area contributed by atoms with Gasteiger partial charge in [-0.25, -0.2) is 0 Å². The number of amidine groups is 1. The first-order valence-electron chi connectivity index (χ1n) is 7.05. The number of nitrogens with one attached hydrogen (secondary N) is 1. The third-order valence-electron chi connectivity index (χ3n) is 4.03. The SMILES string of the molecule is CC1CC(C)SC(=NCC2(C)CCCCC2)N1. The van der Waals surface area contributed by atoms with Crippen LogP contribution in [0.3, 0.4) is 0 Å². The van der Waals surface area contributed by atoms with Gasteiger partial charge in [0.05, 0.1) is 0 Å². The molecule has 1 aliphatic heterocycles. The standard InChI is InChI=1S/C14H26N2S/c1-11-9-12(2)17-13(16-11)15-10-14(3)7-5-4-6-8-14/h11-12H,4-10H2,1-3H3,(H,15,16). The molecule has 2 atom stereocenters. The van der Waals surface area contributed by atoms with E-state index in [9.17, 15) is 0 Å². The van der Waals surface area contributed by atoms with Crippen LogP contribution in [-0.2, 0) is 0 Å². The monoisotopic (exact) mass is 254 g/mol. The maximum absolute atomic E-state index is 4.85. The molecule has 0 bridgehead atoms. The summed E-state index contributed by atoms with van der Waals surface area (Å²) in [5.74, 6) is 0. The zero-order valence-corrected chi connectivity index (χ0v) is 12.3. The zero-order valence-electron chi connectivity index (χ0n) is 11.5. The molecule has 1 saturated heterocycles. The van der Waals surface area contributed by atoms with Crippen molar-refractivity contribution in [1.29, 1.82) is 0 Å². The van der Waals surface area contributed by atoms with Crippen molar-refractivity contribution >= 4 is 16.9 Å². The Labute approximate surface area is 110 Å². The Morgan fingerprint density at radius 3 is 2.65 bits per heavy atom. The Balaban J connectivity index is 1.90. The summed E-state index contributed by atoms with van der Waals surface area (Å²) in [5, 5.41) is 5.41. The summed E-state index contributed by atoms with van der Waals surface area (Å²) in [6, 6.07) is 0.587. The lowest BCUT2D eigenvalue weighted by atomic mass is 9.76. The molecule has 0 radical (unpaired) electrons. The molecule has 98 valence electrons. The Kier molecular flexibility index (Phi) is 4.40. The van der Waals surface area contributed by atoms with Gasteiger partial charge in [0.25, 0.3) is 0 Å². The lowest BCUT2D eigenvalue weighted by Crippen LogP contribution is -2.39. The molecule has 0 aromatic rings. The summed E-state index contributed by atoms with van der Waals surface area (Å²) in [6.07, 6.45) is 8.19. The third-order valence-corrected chi connectivity index (χ3v) is 5.10. The van der Waals surface area contributed by atoms with Gasteiger partial charge >= 0.3 is 0 Å². The minimum absolute atomic E-state index is 0.470. The molecular formula is C14H26N2S. The van der Waals surface area contributed by atoms with E-state index in [1.807, 2.05) is 11.8 Å². The quantitative estimate of drug-likeness (QED) is 0.810.